The summed E-state index contributed by atoms with van der Waals surface area (Å²) >= 11 is 1.73. The first-order chi connectivity index (χ1) is 9.28. The second kappa shape index (κ2) is 5.74. The number of rotatable bonds is 1. The number of likely N-dealkylation sites (tertiary alicyclic amines) is 1. The molecule has 0 aromatic carbocycles. The average molecular weight is 296 g/mol. The molecular weight excluding hydrogens is 272 g/mol. The van der Waals surface area contributed by atoms with Crippen LogP contribution in [0.15, 0.2) is 17.5 Å². The van der Waals surface area contributed by atoms with Crippen LogP contribution in [-0.4, -0.2) is 35.2 Å². The maximum absolute atomic E-state index is 12.3. The highest BCUT2D eigenvalue weighted by atomic mass is 32.1. The van der Waals surface area contributed by atoms with Crippen molar-refractivity contribution in [2.45, 2.75) is 57.7 Å². The normalized spacial score (nSPS) is 27.4. The predicted molar refractivity (Wildman–Crippen MR) is 82.1 cm³/mol. The van der Waals surface area contributed by atoms with E-state index in [0.29, 0.717) is 12.5 Å². The fourth-order valence-electron chi connectivity index (χ4n) is 2.53. The number of carbonyl (C=O) groups excluding carboxylic acids is 1. The first kappa shape index (κ1) is 15.3. The first-order valence-corrected chi connectivity index (χ1v) is 7.94. The van der Waals surface area contributed by atoms with Crippen molar-refractivity contribution in [3.63, 3.8) is 0 Å². The molecule has 1 aliphatic heterocycles. The predicted octanol–water partition coefficient (Wildman–Crippen LogP) is 3.19. The summed E-state index contributed by atoms with van der Waals surface area (Å²) in [5.41, 5.74) is 5.75. The number of hydrogen-bond acceptors (Lipinski definition) is 4. The zero-order chi connectivity index (χ0) is 14.9. The van der Waals surface area contributed by atoms with Crippen LogP contribution < -0.4 is 5.73 Å². The van der Waals surface area contributed by atoms with Crippen LogP contribution in [0.25, 0.3) is 0 Å². The minimum absolute atomic E-state index is 0.0108. The van der Waals surface area contributed by atoms with Gasteiger partial charge in [-0.2, -0.15) is 0 Å². The van der Waals surface area contributed by atoms with Crippen molar-refractivity contribution in [2.75, 3.05) is 6.54 Å². The molecule has 1 amide bonds. The quantitative estimate of drug-likeness (QED) is 0.866. The van der Waals surface area contributed by atoms with Gasteiger partial charge in [-0.25, -0.2) is 4.79 Å². The third-order valence-electron chi connectivity index (χ3n) is 3.66. The summed E-state index contributed by atoms with van der Waals surface area (Å²) in [5, 5.41) is 2.07. The van der Waals surface area contributed by atoms with Crippen LogP contribution in [0.1, 0.15) is 44.9 Å². The van der Waals surface area contributed by atoms with Crippen molar-refractivity contribution in [3.05, 3.63) is 22.4 Å². The second-order valence-corrected chi connectivity index (χ2v) is 7.46. The van der Waals surface area contributed by atoms with Crippen LogP contribution in [0.5, 0.6) is 0 Å². The van der Waals surface area contributed by atoms with Gasteiger partial charge >= 0.3 is 6.09 Å². The zero-order valence-corrected chi connectivity index (χ0v) is 13.4. The van der Waals surface area contributed by atoms with Crippen molar-refractivity contribution in [2.24, 2.45) is 5.73 Å². The molecule has 5 heteroatoms. The Kier molecular flexibility index (Phi) is 4.39. The van der Waals surface area contributed by atoms with E-state index in [-0.39, 0.29) is 18.2 Å². The van der Waals surface area contributed by atoms with Crippen LogP contribution in [-0.2, 0) is 4.74 Å². The van der Waals surface area contributed by atoms with Crippen LogP contribution >= 0.6 is 11.3 Å². The fourth-order valence-corrected chi connectivity index (χ4v) is 3.36. The second-order valence-electron chi connectivity index (χ2n) is 6.49. The summed E-state index contributed by atoms with van der Waals surface area (Å²) in [5.74, 6) is 0.314. The number of thiophene rings is 1. The Labute approximate surface area is 124 Å². The molecule has 0 bridgehead atoms. The van der Waals surface area contributed by atoms with Gasteiger partial charge in [0.15, 0.2) is 0 Å². The summed E-state index contributed by atoms with van der Waals surface area (Å²) in [7, 11) is 0. The largest absolute Gasteiger partial charge is 0.444 e. The van der Waals surface area contributed by atoms with E-state index < -0.39 is 5.60 Å². The summed E-state index contributed by atoms with van der Waals surface area (Å²) in [6.07, 6.45) is 0.655. The molecule has 2 heterocycles. The highest BCUT2D eigenvalue weighted by molar-refractivity contribution is 7.10. The Hall–Kier alpha value is -1.07. The van der Waals surface area contributed by atoms with Gasteiger partial charge in [-0.1, -0.05) is 6.07 Å². The first-order valence-electron chi connectivity index (χ1n) is 7.06. The van der Waals surface area contributed by atoms with E-state index in [4.69, 9.17) is 10.5 Å². The standard InChI is InChI=1S/C15H24N2O2S/c1-10-12(16)8-11(13-6-5-7-20-13)9-17(10)14(18)19-15(2,3)4/h5-7,10-12H,8-9,16H2,1-4H3. The highest BCUT2D eigenvalue weighted by Gasteiger charge is 2.37. The fraction of sp³-hybridized carbons (Fsp3) is 0.667. The van der Waals surface area contributed by atoms with Gasteiger partial charge in [0.2, 0.25) is 0 Å². The van der Waals surface area contributed by atoms with Gasteiger partial charge in [0, 0.05) is 29.4 Å². The monoisotopic (exact) mass is 296 g/mol. The van der Waals surface area contributed by atoms with Crippen LogP contribution in [0, 0.1) is 0 Å². The van der Waals surface area contributed by atoms with Gasteiger partial charge in [-0.3, -0.25) is 0 Å². The lowest BCUT2D eigenvalue weighted by atomic mass is 9.89. The Morgan fingerprint density at radius 3 is 2.75 bits per heavy atom. The van der Waals surface area contributed by atoms with Crippen LogP contribution in [0.4, 0.5) is 4.79 Å². The maximum atomic E-state index is 12.3. The van der Waals surface area contributed by atoms with Gasteiger partial charge in [-0.05, 0) is 45.6 Å². The van der Waals surface area contributed by atoms with E-state index in [1.807, 2.05) is 33.8 Å². The minimum atomic E-state index is -0.475. The van der Waals surface area contributed by atoms with E-state index in [0.717, 1.165) is 6.42 Å². The Morgan fingerprint density at radius 2 is 2.20 bits per heavy atom. The number of amides is 1. The summed E-state index contributed by atoms with van der Waals surface area (Å²) in [6.45, 7) is 8.34. The van der Waals surface area contributed by atoms with E-state index >= 15 is 0 Å². The maximum Gasteiger partial charge on any atom is 0.410 e. The summed E-state index contributed by atoms with van der Waals surface area (Å²) < 4.78 is 5.50. The molecule has 1 fully saturated rings. The molecule has 3 atom stereocenters. The highest BCUT2D eigenvalue weighted by Crippen LogP contribution is 2.32. The molecule has 0 spiro atoms. The number of hydrogen-bond donors (Lipinski definition) is 1. The Bertz CT molecular complexity index is 453. The smallest absolute Gasteiger partial charge is 0.410 e. The van der Waals surface area contributed by atoms with E-state index in [2.05, 4.69) is 11.4 Å². The van der Waals surface area contributed by atoms with Gasteiger partial charge in [0.05, 0.1) is 0 Å². The van der Waals surface area contributed by atoms with Gasteiger partial charge in [0.1, 0.15) is 5.60 Å². The SMILES string of the molecule is CC1C(N)CC(c2cccs2)CN1C(=O)OC(C)(C)C. The molecule has 1 aromatic rings. The molecule has 0 radical (unpaired) electrons. The number of carbonyl (C=O) groups is 1. The van der Waals surface area contributed by atoms with Crippen molar-refractivity contribution in [3.8, 4) is 0 Å². The number of ether oxygens (including phenoxy) is 1. The lowest BCUT2D eigenvalue weighted by Gasteiger charge is -2.41. The topological polar surface area (TPSA) is 55.6 Å². The third kappa shape index (κ3) is 3.52. The lowest BCUT2D eigenvalue weighted by molar-refractivity contribution is 0.00680. The van der Waals surface area contributed by atoms with Gasteiger partial charge in [-0.15, -0.1) is 11.3 Å². The Balaban J connectivity index is 2.12. The number of nitrogens with zero attached hydrogens (tertiary/aromatic N) is 1. The van der Waals surface area contributed by atoms with Crippen molar-refractivity contribution in [1.82, 2.24) is 4.90 Å². The van der Waals surface area contributed by atoms with Crippen molar-refractivity contribution >= 4 is 17.4 Å². The zero-order valence-electron chi connectivity index (χ0n) is 12.6. The molecule has 1 aliphatic rings. The molecule has 0 saturated carbocycles. The molecule has 112 valence electrons. The van der Waals surface area contributed by atoms with E-state index in [9.17, 15) is 4.79 Å². The van der Waals surface area contributed by atoms with Gasteiger partial charge < -0.3 is 15.4 Å². The van der Waals surface area contributed by atoms with Crippen molar-refractivity contribution < 1.29 is 9.53 Å². The van der Waals surface area contributed by atoms with Crippen LogP contribution in [0.2, 0.25) is 0 Å². The molecule has 3 unspecified atom stereocenters. The minimum Gasteiger partial charge on any atom is -0.444 e. The number of nitrogens with two attached hydrogens (primary N) is 1. The molecule has 20 heavy (non-hydrogen) atoms. The third-order valence-corrected chi connectivity index (χ3v) is 4.69. The van der Waals surface area contributed by atoms with E-state index in [1.54, 1.807) is 16.2 Å². The van der Waals surface area contributed by atoms with Crippen molar-refractivity contribution in [1.29, 1.82) is 0 Å². The molecular formula is C15H24N2O2S. The molecule has 2 N–H and O–H groups in total. The molecule has 0 aliphatic carbocycles. The molecule has 2 rings (SSSR count). The summed E-state index contributed by atoms with van der Waals surface area (Å²) in [4.78, 5) is 15.4. The molecule has 1 aromatic heterocycles. The average Bonchev–Trinajstić information content (AvgIpc) is 2.83. The Morgan fingerprint density at radius 1 is 1.50 bits per heavy atom. The lowest BCUT2D eigenvalue weighted by Crippen LogP contribution is -2.55. The number of piperidine rings is 1. The van der Waals surface area contributed by atoms with Crippen LogP contribution in [0.3, 0.4) is 0 Å². The molecule has 4 nitrogen and oxygen atoms in total. The van der Waals surface area contributed by atoms with E-state index in [1.165, 1.54) is 4.88 Å². The summed E-state index contributed by atoms with van der Waals surface area (Å²) in [6, 6.07) is 4.16. The van der Waals surface area contributed by atoms with Gasteiger partial charge in [0.25, 0.3) is 0 Å². The molecule has 1 saturated heterocycles.